The molecule has 2 nitrogen and oxygen atoms in total. The first-order valence-electron chi connectivity index (χ1n) is 8.81. The summed E-state index contributed by atoms with van der Waals surface area (Å²) in [6.45, 7) is 0. The molecule has 4 aromatic carbocycles. The molecule has 0 bridgehead atoms. The number of furan rings is 2. The molecule has 0 fully saturated rings. The normalized spacial score (nSPS) is 11.9. The van der Waals surface area contributed by atoms with Gasteiger partial charge in [-0.05, 0) is 46.4 Å². The Kier molecular flexibility index (Phi) is 3.17. The number of hydrogen-bond acceptors (Lipinski definition) is 2. The monoisotopic (exact) mass is 460 g/mol. The van der Waals surface area contributed by atoms with Crippen LogP contribution in [0.4, 0.5) is 0 Å². The second-order valence-electron chi connectivity index (χ2n) is 6.68. The van der Waals surface area contributed by atoms with Crippen LogP contribution in [0.5, 0.6) is 0 Å². The summed E-state index contributed by atoms with van der Waals surface area (Å²) in [5.74, 6) is 0. The highest BCUT2D eigenvalue weighted by molar-refractivity contribution is 14.1. The molecule has 0 saturated heterocycles. The third-order valence-corrected chi connectivity index (χ3v) is 6.02. The van der Waals surface area contributed by atoms with Crippen molar-refractivity contribution < 1.29 is 8.83 Å². The molecule has 6 rings (SSSR count). The minimum atomic E-state index is 0.912. The van der Waals surface area contributed by atoms with Crippen molar-refractivity contribution >= 4 is 66.5 Å². The van der Waals surface area contributed by atoms with Gasteiger partial charge in [-0.25, -0.2) is 0 Å². The number of rotatable bonds is 1. The van der Waals surface area contributed by atoms with Crippen LogP contribution in [-0.2, 0) is 0 Å². The van der Waals surface area contributed by atoms with Gasteiger partial charge >= 0.3 is 0 Å². The minimum absolute atomic E-state index is 0.912. The molecule has 0 N–H and O–H groups in total. The smallest absolute Gasteiger partial charge is 0.149 e. The van der Waals surface area contributed by atoms with Crippen LogP contribution in [0.2, 0.25) is 0 Å². The topological polar surface area (TPSA) is 26.3 Å². The highest BCUT2D eigenvalue weighted by atomic mass is 127. The molecule has 0 amide bonds. The van der Waals surface area contributed by atoms with Crippen LogP contribution in [0.15, 0.2) is 87.7 Å². The van der Waals surface area contributed by atoms with E-state index in [0.717, 1.165) is 58.6 Å². The number of para-hydroxylation sites is 3. The second-order valence-corrected chi connectivity index (χ2v) is 7.84. The Morgan fingerprint density at radius 3 is 2.04 bits per heavy atom. The van der Waals surface area contributed by atoms with E-state index >= 15 is 0 Å². The highest BCUT2D eigenvalue weighted by Crippen LogP contribution is 2.42. The fourth-order valence-corrected chi connectivity index (χ4v) is 4.54. The molecule has 2 heterocycles. The van der Waals surface area contributed by atoms with Crippen LogP contribution >= 0.6 is 22.6 Å². The Labute approximate surface area is 168 Å². The molecule has 0 radical (unpaired) electrons. The van der Waals surface area contributed by atoms with E-state index in [1.807, 2.05) is 24.3 Å². The molecule has 3 heteroatoms. The third kappa shape index (κ3) is 2.12. The lowest BCUT2D eigenvalue weighted by Crippen LogP contribution is -1.83. The first kappa shape index (κ1) is 15.3. The molecule has 6 aromatic rings. The highest BCUT2D eigenvalue weighted by Gasteiger charge is 2.18. The number of benzene rings is 4. The van der Waals surface area contributed by atoms with E-state index in [9.17, 15) is 0 Å². The van der Waals surface area contributed by atoms with Gasteiger partial charge in [0.15, 0.2) is 0 Å². The van der Waals surface area contributed by atoms with E-state index in [2.05, 4.69) is 77.2 Å². The zero-order chi connectivity index (χ0) is 18.0. The molecule has 0 unspecified atom stereocenters. The average Bonchev–Trinajstić information content (AvgIpc) is 3.28. The molecule has 0 spiro atoms. The average molecular weight is 460 g/mol. The maximum atomic E-state index is 6.27. The first-order chi connectivity index (χ1) is 13.3. The lowest BCUT2D eigenvalue weighted by Gasteiger charge is -2.06. The van der Waals surface area contributed by atoms with Gasteiger partial charge in [0.2, 0.25) is 0 Å². The van der Waals surface area contributed by atoms with E-state index in [-0.39, 0.29) is 0 Å². The summed E-state index contributed by atoms with van der Waals surface area (Å²) in [6.07, 6.45) is 0. The van der Waals surface area contributed by atoms with Crippen molar-refractivity contribution in [1.82, 2.24) is 0 Å². The maximum Gasteiger partial charge on any atom is 0.149 e. The summed E-state index contributed by atoms with van der Waals surface area (Å²) in [5, 5.41) is 4.57. The standard InChI is InChI=1S/C24H13IO2/c25-19-13-12-15(22-18-7-2-4-11-21(18)27-24(19)22)17-9-5-8-16-14-6-1-3-10-20(14)26-23(16)17/h1-13H. The van der Waals surface area contributed by atoms with Gasteiger partial charge in [-0.3, -0.25) is 0 Å². The quantitative estimate of drug-likeness (QED) is 0.235. The summed E-state index contributed by atoms with van der Waals surface area (Å²) < 4.78 is 13.6. The van der Waals surface area contributed by atoms with Gasteiger partial charge in [0, 0.05) is 27.1 Å². The predicted molar refractivity (Wildman–Crippen MR) is 119 cm³/mol. The molecule has 0 aliphatic carbocycles. The summed E-state index contributed by atoms with van der Waals surface area (Å²) in [7, 11) is 0. The Hall–Kier alpha value is -2.79. The molecule has 0 aliphatic heterocycles. The van der Waals surface area contributed by atoms with Crippen molar-refractivity contribution in [3.05, 3.63) is 82.4 Å². The largest absolute Gasteiger partial charge is 0.455 e. The summed E-state index contributed by atoms with van der Waals surface area (Å²) in [5.41, 5.74) is 5.92. The SMILES string of the molecule is Ic1ccc(-c2cccc3c2oc2ccccc23)c2c1oc1ccccc12. The molecule has 128 valence electrons. The zero-order valence-corrected chi connectivity index (χ0v) is 16.4. The fraction of sp³-hybridized carbons (Fsp3) is 0. The van der Waals surface area contributed by atoms with Crippen LogP contribution in [0.1, 0.15) is 0 Å². The van der Waals surface area contributed by atoms with Crippen molar-refractivity contribution in [3.8, 4) is 11.1 Å². The van der Waals surface area contributed by atoms with E-state index in [1.54, 1.807) is 0 Å². The van der Waals surface area contributed by atoms with E-state index in [1.165, 1.54) is 0 Å². The Bertz CT molecular complexity index is 1490. The Morgan fingerprint density at radius 2 is 1.19 bits per heavy atom. The zero-order valence-electron chi connectivity index (χ0n) is 14.2. The van der Waals surface area contributed by atoms with Crippen molar-refractivity contribution in [2.24, 2.45) is 0 Å². The molecular weight excluding hydrogens is 447 g/mol. The first-order valence-corrected chi connectivity index (χ1v) is 9.89. The Balaban J connectivity index is 1.80. The van der Waals surface area contributed by atoms with Crippen LogP contribution in [0.25, 0.3) is 55.0 Å². The molecule has 2 aromatic heterocycles. The lowest BCUT2D eigenvalue weighted by atomic mass is 9.97. The van der Waals surface area contributed by atoms with Gasteiger partial charge in [0.05, 0.1) is 3.57 Å². The molecular formula is C24H13IO2. The van der Waals surface area contributed by atoms with Gasteiger partial charge < -0.3 is 8.83 Å². The second kappa shape index (κ2) is 5.60. The van der Waals surface area contributed by atoms with Crippen LogP contribution < -0.4 is 0 Å². The van der Waals surface area contributed by atoms with E-state index in [0.29, 0.717) is 0 Å². The summed E-state index contributed by atoms with van der Waals surface area (Å²) in [4.78, 5) is 0. The molecule has 0 aliphatic rings. The van der Waals surface area contributed by atoms with Gasteiger partial charge in [0.1, 0.15) is 22.3 Å². The number of halogens is 1. The van der Waals surface area contributed by atoms with Crippen LogP contribution in [0.3, 0.4) is 0 Å². The number of hydrogen-bond donors (Lipinski definition) is 0. The van der Waals surface area contributed by atoms with Gasteiger partial charge in [-0.1, -0.05) is 60.7 Å². The van der Waals surface area contributed by atoms with E-state index in [4.69, 9.17) is 8.83 Å². The van der Waals surface area contributed by atoms with Crippen molar-refractivity contribution in [1.29, 1.82) is 0 Å². The minimum Gasteiger partial charge on any atom is -0.455 e. The van der Waals surface area contributed by atoms with E-state index < -0.39 is 0 Å². The van der Waals surface area contributed by atoms with Crippen molar-refractivity contribution in [2.75, 3.05) is 0 Å². The van der Waals surface area contributed by atoms with Gasteiger partial charge in [-0.15, -0.1) is 0 Å². The number of fused-ring (bicyclic) bond motifs is 6. The van der Waals surface area contributed by atoms with Crippen LogP contribution in [-0.4, -0.2) is 0 Å². The third-order valence-electron chi connectivity index (χ3n) is 5.17. The molecule has 27 heavy (non-hydrogen) atoms. The lowest BCUT2D eigenvalue weighted by molar-refractivity contribution is 0.666. The van der Waals surface area contributed by atoms with Crippen LogP contribution in [0, 0.1) is 3.57 Å². The van der Waals surface area contributed by atoms with Crippen molar-refractivity contribution in [2.45, 2.75) is 0 Å². The van der Waals surface area contributed by atoms with Gasteiger partial charge in [0.25, 0.3) is 0 Å². The van der Waals surface area contributed by atoms with Gasteiger partial charge in [-0.2, -0.15) is 0 Å². The fourth-order valence-electron chi connectivity index (χ4n) is 3.98. The molecule has 0 atom stereocenters. The Morgan fingerprint density at radius 1 is 0.519 bits per heavy atom. The predicted octanol–water partition coefficient (Wildman–Crippen LogP) is 7.76. The summed E-state index contributed by atoms with van der Waals surface area (Å²) >= 11 is 2.34. The molecule has 0 saturated carbocycles. The van der Waals surface area contributed by atoms with Crippen molar-refractivity contribution in [3.63, 3.8) is 0 Å². The maximum absolute atomic E-state index is 6.27. The summed E-state index contributed by atoms with van der Waals surface area (Å²) in [6, 6.07) is 27.1.